The van der Waals surface area contributed by atoms with Gasteiger partial charge in [0.15, 0.2) is 0 Å². The quantitative estimate of drug-likeness (QED) is 0.712. The highest BCUT2D eigenvalue weighted by atomic mass is 19.1. The van der Waals surface area contributed by atoms with E-state index >= 15 is 0 Å². The van der Waals surface area contributed by atoms with Gasteiger partial charge in [-0.05, 0) is 61.4 Å². The number of nitriles is 1. The van der Waals surface area contributed by atoms with Crippen molar-refractivity contribution < 1.29 is 8.91 Å². The largest absolute Gasteiger partial charge is 0.371 e. The van der Waals surface area contributed by atoms with Crippen LogP contribution < -0.4 is 4.90 Å². The highest BCUT2D eigenvalue weighted by molar-refractivity contribution is 5.54. The molecule has 0 N–H and O–H groups in total. The lowest BCUT2D eigenvalue weighted by Gasteiger charge is -2.32. The minimum atomic E-state index is -0.289. The fraction of sp³-hybridized carbons (Fsp3) is 0.250. The molecule has 1 unspecified atom stereocenters. The molecular weight excluding hydrogens is 331 g/mol. The summed E-state index contributed by atoms with van der Waals surface area (Å²) in [7, 11) is 0. The molecule has 1 aromatic heterocycles. The lowest BCUT2D eigenvalue weighted by molar-refractivity contribution is 0.333. The molecule has 26 heavy (non-hydrogen) atoms. The molecule has 0 radical (unpaired) electrons. The number of rotatable bonds is 3. The van der Waals surface area contributed by atoms with E-state index in [0.29, 0.717) is 17.3 Å². The Hall–Kier alpha value is -3.20. The molecule has 0 spiro atoms. The maximum absolute atomic E-state index is 13.1. The summed E-state index contributed by atoms with van der Waals surface area (Å²) < 4.78 is 18.5. The molecule has 0 aliphatic carbocycles. The molecule has 1 aliphatic rings. The van der Waals surface area contributed by atoms with Crippen molar-refractivity contribution >= 4 is 5.69 Å². The molecule has 1 fully saturated rings. The van der Waals surface area contributed by atoms with Crippen LogP contribution >= 0.6 is 0 Å². The first kappa shape index (κ1) is 16.3. The molecule has 0 saturated carbocycles. The standard InChI is InChI=1S/C20H17FN4O/c21-17-7-5-15(6-8-17)19-23-20(26-24-19)16-2-1-11-25(13-16)18-9-3-14(12-22)4-10-18/h3-10,16H,1-2,11,13H2. The first-order valence-electron chi connectivity index (χ1n) is 8.57. The average Bonchev–Trinajstić information content (AvgIpc) is 3.19. The number of halogens is 1. The van der Waals surface area contributed by atoms with Crippen molar-refractivity contribution in [2.24, 2.45) is 0 Å². The lowest BCUT2D eigenvalue weighted by Crippen LogP contribution is -2.34. The van der Waals surface area contributed by atoms with Crippen LogP contribution in [0.4, 0.5) is 10.1 Å². The number of anilines is 1. The smallest absolute Gasteiger partial charge is 0.231 e. The van der Waals surface area contributed by atoms with E-state index in [1.165, 1.54) is 12.1 Å². The van der Waals surface area contributed by atoms with E-state index in [2.05, 4.69) is 21.1 Å². The van der Waals surface area contributed by atoms with E-state index in [9.17, 15) is 4.39 Å². The Balaban J connectivity index is 1.51. The predicted octanol–water partition coefficient (Wildman–Crippen LogP) is 4.13. The van der Waals surface area contributed by atoms with Crippen LogP contribution in [0.25, 0.3) is 11.4 Å². The average molecular weight is 348 g/mol. The molecule has 5 nitrogen and oxygen atoms in total. The van der Waals surface area contributed by atoms with Crippen LogP contribution in [0.3, 0.4) is 0 Å². The molecule has 4 rings (SSSR count). The van der Waals surface area contributed by atoms with Gasteiger partial charge in [0.1, 0.15) is 5.82 Å². The molecule has 2 heterocycles. The molecule has 1 aliphatic heterocycles. The van der Waals surface area contributed by atoms with Crippen LogP contribution in [0.15, 0.2) is 53.1 Å². The third-order valence-corrected chi connectivity index (χ3v) is 4.68. The highest BCUT2D eigenvalue weighted by Crippen LogP contribution is 2.30. The Labute approximate surface area is 150 Å². The predicted molar refractivity (Wildman–Crippen MR) is 95.0 cm³/mol. The number of benzene rings is 2. The Morgan fingerprint density at radius 1 is 1.12 bits per heavy atom. The number of nitrogens with zero attached hydrogens (tertiary/aromatic N) is 4. The number of hydrogen-bond donors (Lipinski definition) is 0. The summed E-state index contributed by atoms with van der Waals surface area (Å²) >= 11 is 0. The first-order chi connectivity index (χ1) is 12.7. The Bertz CT molecular complexity index is 928. The zero-order chi connectivity index (χ0) is 17.9. The van der Waals surface area contributed by atoms with Crippen LogP contribution in [-0.4, -0.2) is 23.2 Å². The lowest BCUT2D eigenvalue weighted by atomic mass is 9.97. The van der Waals surface area contributed by atoms with Crippen molar-refractivity contribution in [3.8, 4) is 17.5 Å². The molecule has 6 heteroatoms. The van der Waals surface area contributed by atoms with Gasteiger partial charge in [-0.1, -0.05) is 5.16 Å². The van der Waals surface area contributed by atoms with Crippen molar-refractivity contribution in [2.75, 3.05) is 18.0 Å². The van der Waals surface area contributed by atoms with Crippen LogP contribution in [0, 0.1) is 17.1 Å². The number of aromatic nitrogens is 2. The van der Waals surface area contributed by atoms with Crippen molar-refractivity contribution in [2.45, 2.75) is 18.8 Å². The molecule has 0 bridgehead atoms. The summed E-state index contributed by atoms with van der Waals surface area (Å²) in [5, 5.41) is 13.0. The van der Waals surface area contributed by atoms with Gasteiger partial charge in [-0.15, -0.1) is 0 Å². The third-order valence-electron chi connectivity index (χ3n) is 4.68. The van der Waals surface area contributed by atoms with Gasteiger partial charge in [0.25, 0.3) is 0 Å². The van der Waals surface area contributed by atoms with Crippen molar-refractivity contribution in [3.05, 3.63) is 65.8 Å². The second-order valence-electron chi connectivity index (χ2n) is 6.41. The highest BCUT2D eigenvalue weighted by Gasteiger charge is 2.26. The van der Waals surface area contributed by atoms with Gasteiger partial charge in [0.2, 0.25) is 11.7 Å². The molecule has 0 amide bonds. The normalized spacial score (nSPS) is 17.1. The minimum Gasteiger partial charge on any atom is -0.371 e. The molecule has 3 aromatic rings. The van der Waals surface area contributed by atoms with E-state index in [-0.39, 0.29) is 11.7 Å². The summed E-state index contributed by atoms with van der Waals surface area (Å²) in [6.07, 6.45) is 2.01. The summed E-state index contributed by atoms with van der Waals surface area (Å²) in [6.45, 7) is 1.75. The molecule has 130 valence electrons. The van der Waals surface area contributed by atoms with Gasteiger partial charge in [-0.25, -0.2) is 4.39 Å². The van der Waals surface area contributed by atoms with E-state index in [0.717, 1.165) is 37.2 Å². The Morgan fingerprint density at radius 3 is 2.62 bits per heavy atom. The fourth-order valence-corrected chi connectivity index (χ4v) is 3.28. The van der Waals surface area contributed by atoms with Gasteiger partial charge in [-0.3, -0.25) is 0 Å². The second kappa shape index (κ2) is 6.96. The van der Waals surface area contributed by atoms with Crippen molar-refractivity contribution in [1.82, 2.24) is 10.1 Å². The topological polar surface area (TPSA) is 66.0 Å². The van der Waals surface area contributed by atoms with E-state index in [1.54, 1.807) is 12.1 Å². The third kappa shape index (κ3) is 3.29. The monoisotopic (exact) mass is 348 g/mol. The molecular formula is C20H17FN4O. The molecule has 1 saturated heterocycles. The zero-order valence-corrected chi connectivity index (χ0v) is 14.1. The summed E-state index contributed by atoms with van der Waals surface area (Å²) in [4.78, 5) is 6.79. The number of piperidine rings is 1. The van der Waals surface area contributed by atoms with Gasteiger partial charge in [-0.2, -0.15) is 10.2 Å². The van der Waals surface area contributed by atoms with Crippen LogP contribution in [-0.2, 0) is 0 Å². The SMILES string of the molecule is N#Cc1ccc(N2CCCC(c3nc(-c4ccc(F)cc4)no3)C2)cc1. The van der Waals surface area contributed by atoms with E-state index in [1.807, 2.05) is 24.3 Å². The van der Waals surface area contributed by atoms with Gasteiger partial charge in [0.05, 0.1) is 17.6 Å². The summed E-state index contributed by atoms with van der Waals surface area (Å²) in [5.74, 6) is 0.960. The van der Waals surface area contributed by atoms with Crippen molar-refractivity contribution in [3.63, 3.8) is 0 Å². The summed E-state index contributed by atoms with van der Waals surface area (Å²) in [5.41, 5.74) is 2.48. The van der Waals surface area contributed by atoms with Crippen LogP contribution in [0.2, 0.25) is 0 Å². The maximum atomic E-state index is 13.1. The minimum absolute atomic E-state index is 0.154. The van der Waals surface area contributed by atoms with Crippen molar-refractivity contribution in [1.29, 1.82) is 5.26 Å². The number of hydrogen-bond acceptors (Lipinski definition) is 5. The zero-order valence-electron chi connectivity index (χ0n) is 14.1. The molecule has 2 aromatic carbocycles. The Kier molecular flexibility index (Phi) is 4.36. The van der Waals surface area contributed by atoms with Gasteiger partial charge in [0, 0.05) is 24.3 Å². The Morgan fingerprint density at radius 2 is 1.88 bits per heavy atom. The fourth-order valence-electron chi connectivity index (χ4n) is 3.28. The van der Waals surface area contributed by atoms with Crippen LogP contribution in [0.5, 0.6) is 0 Å². The molecule has 1 atom stereocenters. The van der Waals surface area contributed by atoms with Gasteiger partial charge < -0.3 is 9.42 Å². The van der Waals surface area contributed by atoms with Crippen LogP contribution in [0.1, 0.15) is 30.2 Å². The first-order valence-corrected chi connectivity index (χ1v) is 8.57. The maximum Gasteiger partial charge on any atom is 0.231 e. The van der Waals surface area contributed by atoms with E-state index in [4.69, 9.17) is 9.78 Å². The van der Waals surface area contributed by atoms with E-state index < -0.39 is 0 Å². The van der Waals surface area contributed by atoms with Gasteiger partial charge >= 0.3 is 0 Å². The second-order valence-corrected chi connectivity index (χ2v) is 6.41. The summed E-state index contributed by atoms with van der Waals surface area (Å²) in [6, 6.07) is 15.8.